The number of fused-ring (bicyclic) bond motifs is 1. The first-order valence-electron chi connectivity index (χ1n) is 5.89. The highest BCUT2D eigenvalue weighted by Crippen LogP contribution is 2.41. The van der Waals surface area contributed by atoms with Crippen LogP contribution < -0.4 is 20.9 Å². The van der Waals surface area contributed by atoms with Crippen LogP contribution in [0.25, 0.3) is 0 Å². The summed E-state index contributed by atoms with van der Waals surface area (Å²) in [6.07, 6.45) is -0.634. The standard InChI is InChI=1S/C12H10Cl2N4O3/c13-4-1-6-7(2-5(4)14)21-8(3-20-6)10-9(12(16)19)11(15)18-17-10/h1-2,8H,3H2,(H2,16,19)(H3,15,17,18). The van der Waals surface area contributed by atoms with Crippen molar-refractivity contribution in [1.82, 2.24) is 10.2 Å². The third kappa shape index (κ3) is 2.34. The third-order valence-electron chi connectivity index (χ3n) is 3.02. The van der Waals surface area contributed by atoms with Crippen molar-refractivity contribution in [2.24, 2.45) is 5.73 Å². The van der Waals surface area contributed by atoms with Gasteiger partial charge < -0.3 is 20.9 Å². The Kier molecular flexibility index (Phi) is 3.30. The summed E-state index contributed by atoms with van der Waals surface area (Å²) < 4.78 is 11.3. The number of ether oxygens (including phenoxy) is 2. The van der Waals surface area contributed by atoms with Gasteiger partial charge in [0.2, 0.25) is 0 Å². The summed E-state index contributed by atoms with van der Waals surface area (Å²) in [4.78, 5) is 11.4. The van der Waals surface area contributed by atoms with E-state index in [0.29, 0.717) is 21.5 Å². The number of amides is 1. The Labute approximate surface area is 129 Å². The summed E-state index contributed by atoms with van der Waals surface area (Å²) >= 11 is 11.8. The van der Waals surface area contributed by atoms with Gasteiger partial charge in [-0.2, -0.15) is 5.10 Å². The minimum absolute atomic E-state index is 0.0843. The number of carbonyl (C=O) groups excluding carboxylic acids is 1. The van der Waals surface area contributed by atoms with Gasteiger partial charge in [0.05, 0.1) is 10.0 Å². The van der Waals surface area contributed by atoms with Gasteiger partial charge in [-0.15, -0.1) is 0 Å². The van der Waals surface area contributed by atoms with E-state index < -0.39 is 12.0 Å². The molecule has 1 aromatic heterocycles. The highest BCUT2D eigenvalue weighted by atomic mass is 35.5. The Hall–Kier alpha value is -2.12. The van der Waals surface area contributed by atoms with Crippen LogP contribution in [0.5, 0.6) is 11.5 Å². The van der Waals surface area contributed by atoms with Crippen molar-refractivity contribution in [1.29, 1.82) is 0 Å². The Morgan fingerprint density at radius 1 is 1.33 bits per heavy atom. The number of H-pyrrole nitrogens is 1. The van der Waals surface area contributed by atoms with Crippen molar-refractivity contribution >= 4 is 34.9 Å². The molecule has 9 heteroatoms. The molecule has 7 nitrogen and oxygen atoms in total. The second kappa shape index (κ2) is 5.01. The molecule has 3 rings (SSSR count). The first kappa shape index (κ1) is 13.8. The average molecular weight is 329 g/mol. The number of nitrogens with one attached hydrogen (secondary N) is 1. The van der Waals surface area contributed by atoms with Gasteiger partial charge in [-0.25, -0.2) is 0 Å². The molecule has 2 heterocycles. The number of aromatic nitrogens is 2. The summed E-state index contributed by atoms with van der Waals surface area (Å²) in [5.41, 5.74) is 11.3. The van der Waals surface area contributed by atoms with Crippen molar-refractivity contribution in [3.05, 3.63) is 33.4 Å². The molecule has 0 fully saturated rings. The van der Waals surface area contributed by atoms with Gasteiger partial charge in [0.15, 0.2) is 17.6 Å². The van der Waals surface area contributed by atoms with Crippen molar-refractivity contribution in [2.45, 2.75) is 6.10 Å². The van der Waals surface area contributed by atoms with Crippen molar-refractivity contribution in [2.75, 3.05) is 12.3 Å². The molecule has 0 aliphatic carbocycles. The predicted molar refractivity (Wildman–Crippen MR) is 76.8 cm³/mol. The number of anilines is 1. The van der Waals surface area contributed by atoms with Gasteiger partial charge in [-0.05, 0) is 0 Å². The van der Waals surface area contributed by atoms with Gasteiger partial charge >= 0.3 is 0 Å². The molecule has 1 aliphatic rings. The maximum absolute atomic E-state index is 11.4. The van der Waals surface area contributed by atoms with Gasteiger partial charge in [-0.1, -0.05) is 23.2 Å². The molecular weight excluding hydrogens is 319 g/mol. The van der Waals surface area contributed by atoms with Gasteiger partial charge in [0, 0.05) is 12.1 Å². The third-order valence-corrected chi connectivity index (χ3v) is 3.74. The lowest BCUT2D eigenvalue weighted by atomic mass is 10.1. The Balaban J connectivity index is 1.97. The molecule has 1 atom stereocenters. The van der Waals surface area contributed by atoms with E-state index in [1.165, 1.54) is 6.07 Å². The van der Waals surface area contributed by atoms with E-state index in [1.807, 2.05) is 0 Å². The molecule has 110 valence electrons. The second-order valence-electron chi connectivity index (χ2n) is 4.39. The van der Waals surface area contributed by atoms with Crippen LogP contribution in [0, 0.1) is 0 Å². The number of halogens is 2. The molecule has 1 aromatic carbocycles. The fourth-order valence-corrected chi connectivity index (χ4v) is 2.37. The fraction of sp³-hybridized carbons (Fsp3) is 0.167. The predicted octanol–water partition coefficient (Wildman–Crippen LogP) is 1.91. The molecule has 2 aromatic rings. The number of carbonyl (C=O) groups is 1. The number of hydrogen-bond acceptors (Lipinski definition) is 5. The van der Waals surface area contributed by atoms with E-state index in [2.05, 4.69) is 10.2 Å². The van der Waals surface area contributed by atoms with E-state index in [4.69, 9.17) is 44.1 Å². The van der Waals surface area contributed by atoms with Crippen molar-refractivity contribution < 1.29 is 14.3 Å². The first-order valence-corrected chi connectivity index (χ1v) is 6.65. The lowest BCUT2D eigenvalue weighted by Crippen LogP contribution is -2.25. The highest BCUT2D eigenvalue weighted by Gasteiger charge is 2.30. The number of benzene rings is 1. The summed E-state index contributed by atoms with van der Waals surface area (Å²) in [5, 5.41) is 7.15. The molecule has 21 heavy (non-hydrogen) atoms. The smallest absolute Gasteiger partial charge is 0.254 e. The number of primary amides is 1. The molecule has 0 radical (unpaired) electrons. The van der Waals surface area contributed by atoms with Crippen molar-refractivity contribution in [3.8, 4) is 11.5 Å². The zero-order valence-corrected chi connectivity index (χ0v) is 12.0. The summed E-state index contributed by atoms with van der Waals surface area (Å²) in [6, 6.07) is 3.09. The maximum atomic E-state index is 11.4. The van der Waals surface area contributed by atoms with Crippen LogP contribution in [0.2, 0.25) is 10.0 Å². The summed E-state index contributed by atoms with van der Waals surface area (Å²) in [6.45, 7) is 0.134. The number of rotatable bonds is 2. The number of aromatic amines is 1. The largest absolute Gasteiger partial charge is 0.485 e. The minimum atomic E-state index is -0.695. The van der Waals surface area contributed by atoms with E-state index >= 15 is 0 Å². The van der Waals surface area contributed by atoms with E-state index in [1.54, 1.807) is 6.07 Å². The molecule has 0 saturated carbocycles. The SMILES string of the molecule is NC(=O)c1c(C2COc3cc(Cl)c(Cl)cc3O2)n[nH]c1N. The fourth-order valence-electron chi connectivity index (χ4n) is 2.06. The van der Waals surface area contributed by atoms with Gasteiger partial charge in [0.25, 0.3) is 5.91 Å². The lowest BCUT2D eigenvalue weighted by molar-refractivity contribution is 0.0855. The number of nitrogens with two attached hydrogens (primary N) is 2. The Morgan fingerprint density at radius 2 is 2.00 bits per heavy atom. The Morgan fingerprint density at radius 3 is 2.67 bits per heavy atom. The zero-order chi connectivity index (χ0) is 15.1. The van der Waals surface area contributed by atoms with Crippen LogP contribution in [-0.4, -0.2) is 22.7 Å². The number of hydrogen-bond donors (Lipinski definition) is 3. The van der Waals surface area contributed by atoms with Gasteiger partial charge in [0.1, 0.15) is 23.7 Å². The topological polar surface area (TPSA) is 116 Å². The van der Waals surface area contributed by atoms with E-state index in [-0.39, 0.29) is 23.7 Å². The monoisotopic (exact) mass is 328 g/mol. The Bertz CT molecular complexity index is 732. The van der Waals surface area contributed by atoms with Crippen molar-refractivity contribution in [3.63, 3.8) is 0 Å². The van der Waals surface area contributed by atoms with Crippen LogP contribution in [0.1, 0.15) is 22.2 Å². The highest BCUT2D eigenvalue weighted by molar-refractivity contribution is 6.42. The number of nitrogens with zero attached hydrogens (tertiary/aromatic N) is 1. The molecule has 1 aliphatic heterocycles. The van der Waals surface area contributed by atoms with Crippen LogP contribution in [-0.2, 0) is 0 Å². The summed E-state index contributed by atoms with van der Waals surface area (Å²) in [7, 11) is 0. The molecular formula is C12H10Cl2N4O3. The molecule has 1 unspecified atom stereocenters. The molecule has 0 spiro atoms. The van der Waals surface area contributed by atoms with E-state index in [0.717, 1.165) is 0 Å². The quantitative estimate of drug-likeness (QED) is 0.778. The normalized spacial score (nSPS) is 16.8. The van der Waals surface area contributed by atoms with Crippen LogP contribution in [0.15, 0.2) is 12.1 Å². The van der Waals surface area contributed by atoms with Crippen LogP contribution in [0.3, 0.4) is 0 Å². The molecule has 1 amide bonds. The van der Waals surface area contributed by atoms with E-state index in [9.17, 15) is 4.79 Å². The number of nitrogen functional groups attached to an aromatic ring is 1. The minimum Gasteiger partial charge on any atom is -0.485 e. The van der Waals surface area contributed by atoms with Crippen LogP contribution >= 0.6 is 23.2 Å². The maximum Gasteiger partial charge on any atom is 0.254 e. The first-order chi connectivity index (χ1) is 9.97. The van der Waals surface area contributed by atoms with Crippen LogP contribution in [0.4, 0.5) is 5.82 Å². The van der Waals surface area contributed by atoms with Gasteiger partial charge in [-0.3, -0.25) is 9.89 Å². The molecule has 5 N–H and O–H groups in total. The molecule has 0 saturated heterocycles. The average Bonchev–Trinajstić information content (AvgIpc) is 2.81. The molecule has 0 bridgehead atoms. The zero-order valence-electron chi connectivity index (χ0n) is 10.5. The second-order valence-corrected chi connectivity index (χ2v) is 5.21. The summed E-state index contributed by atoms with van der Waals surface area (Å²) in [5.74, 6) is 0.253. The lowest BCUT2D eigenvalue weighted by Gasteiger charge is -2.26.